The molecule has 5 nitrogen and oxygen atoms in total. The van der Waals surface area contributed by atoms with Crippen LogP contribution >= 0.6 is 23.2 Å². The summed E-state index contributed by atoms with van der Waals surface area (Å²) >= 11 is 13.3. The summed E-state index contributed by atoms with van der Waals surface area (Å²) in [5, 5.41) is 32.0. The van der Waals surface area contributed by atoms with E-state index in [-0.39, 0.29) is 59.8 Å². The second kappa shape index (κ2) is 15.1. The normalized spacial score (nSPS) is 13.5. The summed E-state index contributed by atoms with van der Waals surface area (Å²) in [5.41, 5.74) is 2.68. The fourth-order valence-electron chi connectivity index (χ4n) is 4.48. The Morgan fingerprint density at radius 3 is 2.03 bits per heavy atom. The van der Waals surface area contributed by atoms with Crippen LogP contribution in [0.15, 0.2) is 36.4 Å². The van der Waals surface area contributed by atoms with E-state index >= 15 is 0 Å². The summed E-state index contributed by atoms with van der Waals surface area (Å²) in [6.45, 7) is 10.3. The van der Waals surface area contributed by atoms with E-state index in [1.54, 1.807) is 6.07 Å². The zero-order valence-electron chi connectivity index (χ0n) is 22.9. The number of carboxylic acid groups (broad SMARTS) is 1. The first-order chi connectivity index (χ1) is 16.8. The van der Waals surface area contributed by atoms with Gasteiger partial charge in [-0.3, -0.25) is 0 Å². The number of carboxylic acids is 1. The number of hydrogen-bond acceptors (Lipinski definition) is 5. The number of halogens is 2. The molecular formula is C29H39Cl2NaO5. The standard InChI is InChI=1S/C29H40Cl2O5.Na/c1-6-29(7-2,20-10-8-19(23(30)16-20)9-14-26(33)28(3,4)5)21-11-13-25(24(31)17-21)36-18-22(32)12-15-27(34)35;/h8,10-11,13,16-17,22,26,32-33H,6-7,9,12,14-15,18H2,1-5H3,(H,34,35);/q;+1/p-1/t22-,26?;/m1./s1. The number of hydrogen-bond donors (Lipinski definition) is 2. The second-order valence-corrected chi connectivity index (χ2v) is 11.4. The molecule has 0 heterocycles. The Hall–Kier alpha value is -0.790. The first kappa shape index (κ1) is 34.2. The van der Waals surface area contributed by atoms with E-state index in [4.69, 9.17) is 27.9 Å². The number of aliphatic hydroxyl groups excluding tert-OH is 2. The van der Waals surface area contributed by atoms with Gasteiger partial charge in [-0.25, -0.2) is 0 Å². The van der Waals surface area contributed by atoms with Gasteiger partial charge in [0.05, 0.1) is 17.2 Å². The van der Waals surface area contributed by atoms with Crippen molar-refractivity contribution in [2.75, 3.05) is 6.61 Å². The average Bonchev–Trinajstić information content (AvgIpc) is 2.82. The molecule has 0 saturated heterocycles. The van der Waals surface area contributed by atoms with Crippen LogP contribution in [0.3, 0.4) is 0 Å². The average molecular weight is 562 g/mol. The van der Waals surface area contributed by atoms with Crippen LogP contribution in [0.2, 0.25) is 10.0 Å². The molecule has 0 aliphatic carbocycles. The van der Waals surface area contributed by atoms with Crippen LogP contribution in [0.5, 0.6) is 5.75 Å². The van der Waals surface area contributed by atoms with Gasteiger partial charge in [-0.1, -0.05) is 76.0 Å². The fourth-order valence-corrected chi connectivity index (χ4v) is 4.99. The number of rotatable bonds is 13. The van der Waals surface area contributed by atoms with Gasteiger partial charge in [0.25, 0.3) is 0 Å². The zero-order chi connectivity index (χ0) is 27.1. The van der Waals surface area contributed by atoms with Crippen molar-refractivity contribution in [1.82, 2.24) is 0 Å². The summed E-state index contributed by atoms with van der Waals surface area (Å²) in [4.78, 5) is 10.6. The van der Waals surface area contributed by atoms with Gasteiger partial charge in [0, 0.05) is 16.4 Å². The SMILES string of the molecule is CCC(CC)(c1ccc(CCC(O)C(C)(C)C)c(Cl)c1)c1ccc(OC[C@H](O)CCC(=O)[O-])c(Cl)c1.[Na+]. The van der Waals surface area contributed by atoms with E-state index in [1.807, 2.05) is 39.0 Å². The van der Waals surface area contributed by atoms with Crippen molar-refractivity contribution in [2.45, 2.75) is 90.8 Å². The summed E-state index contributed by atoms with van der Waals surface area (Å²) in [7, 11) is 0. The van der Waals surface area contributed by atoms with Crippen molar-refractivity contribution in [3.8, 4) is 5.75 Å². The van der Waals surface area contributed by atoms with Crippen molar-refractivity contribution >= 4 is 29.2 Å². The molecule has 0 bridgehead atoms. The minimum absolute atomic E-state index is 0. The molecule has 37 heavy (non-hydrogen) atoms. The summed E-state index contributed by atoms with van der Waals surface area (Å²) in [5.74, 6) is -0.776. The molecule has 0 aliphatic heterocycles. The second-order valence-electron chi connectivity index (χ2n) is 10.5. The number of carbonyl (C=O) groups is 1. The summed E-state index contributed by atoms with van der Waals surface area (Å²) in [6, 6.07) is 11.8. The molecule has 0 fully saturated rings. The number of aliphatic hydroxyl groups is 2. The minimum Gasteiger partial charge on any atom is -0.550 e. The third-order valence-corrected chi connectivity index (χ3v) is 7.74. The number of carbonyl (C=O) groups excluding carboxylic acids is 1. The van der Waals surface area contributed by atoms with Crippen LogP contribution in [0.1, 0.15) is 83.4 Å². The molecule has 0 radical (unpaired) electrons. The first-order valence-electron chi connectivity index (χ1n) is 12.6. The van der Waals surface area contributed by atoms with Crippen LogP contribution < -0.4 is 39.4 Å². The van der Waals surface area contributed by atoms with Crippen LogP contribution in [0, 0.1) is 5.41 Å². The summed E-state index contributed by atoms with van der Waals surface area (Å²) in [6.07, 6.45) is 1.51. The maximum atomic E-state index is 10.6. The predicted molar refractivity (Wildman–Crippen MR) is 144 cm³/mol. The van der Waals surface area contributed by atoms with Crippen molar-refractivity contribution in [1.29, 1.82) is 0 Å². The van der Waals surface area contributed by atoms with Gasteiger partial charge >= 0.3 is 29.6 Å². The third kappa shape index (κ3) is 9.42. The number of ether oxygens (including phenoxy) is 1. The molecule has 2 rings (SSSR count). The maximum Gasteiger partial charge on any atom is 1.00 e. The quantitative estimate of drug-likeness (QED) is 0.368. The molecule has 2 N–H and O–H groups in total. The van der Waals surface area contributed by atoms with Crippen molar-refractivity contribution in [2.24, 2.45) is 5.41 Å². The van der Waals surface area contributed by atoms with Crippen molar-refractivity contribution < 1.29 is 54.4 Å². The topological polar surface area (TPSA) is 89.8 Å². The van der Waals surface area contributed by atoms with E-state index in [0.29, 0.717) is 28.6 Å². The van der Waals surface area contributed by atoms with Gasteiger partial charge in [-0.15, -0.1) is 0 Å². The molecular weight excluding hydrogens is 522 g/mol. The Bertz CT molecular complexity index is 1020. The monoisotopic (exact) mass is 560 g/mol. The van der Waals surface area contributed by atoms with E-state index in [2.05, 4.69) is 26.0 Å². The Morgan fingerprint density at radius 2 is 1.54 bits per heavy atom. The van der Waals surface area contributed by atoms with Gasteiger partial charge in [0.1, 0.15) is 12.4 Å². The van der Waals surface area contributed by atoms with Crippen LogP contribution in [0.4, 0.5) is 0 Å². The molecule has 2 aromatic carbocycles. The van der Waals surface area contributed by atoms with Crippen molar-refractivity contribution in [3.05, 3.63) is 63.1 Å². The molecule has 0 saturated carbocycles. The molecule has 8 heteroatoms. The van der Waals surface area contributed by atoms with Gasteiger partial charge in [-0.05, 0) is 78.8 Å². The number of benzene rings is 2. The zero-order valence-corrected chi connectivity index (χ0v) is 26.5. The molecule has 2 aromatic rings. The van der Waals surface area contributed by atoms with E-state index in [9.17, 15) is 20.1 Å². The van der Waals surface area contributed by atoms with Crippen LogP contribution in [-0.4, -0.2) is 35.0 Å². The predicted octanol–water partition coefficient (Wildman–Crippen LogP) is 2.71. The largest absolute Gasteiger partial charge is 1.00 e. The molecule has 2 atom stereocenters. The molecule has 0 amide bonds. The van der Waals surface area contributed by atoms with E-state index in [1.165, 1.54) is 0 Å². The number of aliphatic carboxylic acids is 1. The van der Waals surface area contributed by atoms with Gasteiger partial charge < -0.3 is 24.9 Å². The van der Waals surface area contributed by atoms with Crippen LogP contribution in [0.25, 0.3) is 0 Å². The van der Waals surface area contributed by atoms with Crippen molar-refractivity contribution in [3.63, 3.8) is 0 Å². The Balaban J connectivity index is 0.00000684. The minimum atomic E-state index is -1.21. The van der Waals surface area contributed by atoms with E-state index < -0.39 is 18.2 Å². The maximum absolute atomic E-state index is 10.6. The van der Waals surface area contributed by atoms with Crippen LogP contribution in [-0.2, 0) is 16.6 Å². The van der Waals surface area contributed by atoms with Gasteiger partial charge in [0.15, 0.2) is 0 Å². The Kier molecular flexibility index (Phi) is 14.0. The summed E-state index contributed by atoms with van der Waals surface area (Å²) < 4.78 is 5.64. The first-order valence-corrected chi connectivity index (χ1v) is 13.4. The van der Waals surface area contributed by atoms with Gasteiger partial charge in [0.2, 0.25) is 0 Å². The van der Waals surface area contributed by atoms with E-state index in [0.717, 1.165) is 29.5 Å². The Labute approximate surface area is 253 Å². The fraction of sp³-hybridized carbons (Fsp3) is 0.552. The third-order valence-electron chi connectivity index (χ3n) is 7.10. The molecule has 0 spiro atoms. The Morgan fingerprint density at radius 1 is 0.973 bits per heavy atom. The molecule has 0 aromatic heterocycles. The van der Waals surface area contributed by atoms with Gasteiger partial charge in [-0.2, -0.15) is 0 Å². The smallest absolute Gasteiger partial charge is 0.550 e. The molecule has 0 aliphatic rings. The molecule has 1 unspecified atom stereocenters. The number of aryl methyl sites for hydroxylation is 1. The molecule has 200 valence electrons.